The van der Waals surface area contributed by atoms with Gasteiger partial charge >= 0.3 is 0 Å². The molecule has 0 aliphatic carbocycles. The first-order chi connectivity index (χ1) is 13.3. The number of nitrogens with one attached hydrogen (secondary N) is 2. The molecule has 1 atom stereocenters. The molecule has 0 heterocycles. The van der Waals surface area contributed by atoms with Crippen LogP contribution in [0.3, 0.4) is 0 Å². The van der Waals surface area contributed by atoms with Crippen molar-refractivity contribution in [2.24, 2.45) is 5.92 Å². The van der Waals surface area contributed by atoms with Gasteiger partial charge in [0.1, 0.15) is 11.8 Å². The summed E-state index contributed by atoms with van der Waals surface area (Å²) in [6, 6.07) is 14.5. The average molecular weight is 405 g/mol. The Hall–Kier alpha value is -2.38. The van der Waals surface area contributed by atoms with Gasteiger partial charge < -0.3 is 10.1 Å². The van der Waals surface area contributed by atoms with Gasteiger partial charge in [0.15, 0.2) is 0 Å². The Morgan fingerprint density at radius 3 is 2.25 bits per heavy atom. The Labute approximate surface area is 167 Å². The summed E-state index contributed by atoms with van der Waals surface area (Å²) in [6.45, 7) is 4.64. The van der Waals surface area contributed by atoms with E-state index < -0.39 is 16.1 Å². The molecule has 2 aromatic carbocycles. The number of carbonyl (C=O) groups excluding carboxylic acids is 1. The summed E-state index contributed by atoms with van der Waals surface area (Å²) in [6.07, 6.45) is 1.10. The zero-order chi connectivity index (χ0) is 20.6. The normalized spacial score (nSPS) is 12.6. The second-order valence-electron chi connectivity index (χ2n) is 7.01. The molecule has 1 amide bonds. The predicted octanol–water partition coefficient (Wildman–Crippen LogP) is 2.75. The van der Waals surface area contributed by atoms with Crippen molar-refractivity contribution in [3.63, 3.8) is 0 Å². The molecule has 0 aromatic heterocycles. The van der Waals surface area contributed by atoms with Crippen LogP contribution in [0.5, 0.6) is 5.75 Å². The third-order valence-electron chi connectivity index (χ3n) is 4.29. The molecule has 0 aliphatic heterocycles. The van der Waals surface area contributed by atoms with E-state index in [2.05, 4.69) is 23.9 Å². The molecule has 152 valence electrons. The van der Waals surface area contributed by atoms with Crippen molar-refractivity contribution >= 4 is 15.9 Å². The van der Waals surface area contributed by atoms with Gasteiger partial charge in [-0.25, -0.2) is 8.42 Å². The van der Waals surface area contributed by atoms with Gasteiger partial charge in [-0.1, -0.05) is 44.2 Å². The summed E-state index contributed by atoms with van der Waals surface area (Å²) >= 11 is 0. The standard InChI is InChI=1S/C21H28N2O4S/c1-16(2)13-14-22-21(24)20(15-17-7-5-4-6-8-17)23-28(25,26)19-11-9-18(27-3)10-12-19/h4-12,16,20,23H,13-15H2,1-3H3,(H,22,24). The van der Waals surface area contributed by atoms with E-state index >= 15 is 0 Å². The molecule has 6 nitrogen and oxygen atoms in total. The fourth-order valence-corrected chi connectivity index (χ4v) is 3.85. The number of amides is 1. The maximum Gasteiger partial charge on any atom is 0.241 e. The fraction of sp³-hybridized carbons (Fsp3) is 0.381. The number of carbonyl (C=O) groups is 1. The lowest BCUT2D eigenvalue weighted by molar-refractivity contribution is -0.122. The third-order valence-corrected chi connectivity index (χ3v) is 5.77. The molecule has 2 aromatic rings. The Morgan fingerprint density at radius 2 is 1.68 bits per heavy atom. The lowest BCUT2D eigenvalue weighted by Gasteiger charge is -2.19. The highest BCUT2D eigenvalue weighted by Crippen LogP contribution is 2.16. The van der Waals surface area contributed by atoms with Gasteiger partial charge in [0.05, 0.1) is 12.0 Å². The number of benzene rings is 2. The number of rotatable bonds is 10. The minimum absolute atomic E-state index is 0.0846. The summed E-state index contributed by atoms with van der Waals surface area (Å²) in [5.74, 6) is 0.677. The average Bonchev–Trinajstić information content (AvgIpc) is 2.68. The van der Waals surface area contributed by atoms with E-state index in [1.807, 2.05) is 30.3 Å². The Kier molecular flexibility index (Phi) is 8.02. The maximum absolute atomic E-state index is 12.8. The molecule has 0 spiro atoms. The van der Waals surface area contributed by atoms with Crippen LogP contribution in [0, 0.1) is 5.92 Å². The Morgan fingerprint density at radius 1 is 1.04 bits per heavy atom. The van der Waals surface area contributed by atoms with E-state index in [1.54, 1.807) is 12.1 Å². The smallest absolute Gasteiger partial charge is 0.241 e. The molecule has 0 aliphatic rings. The van der Waals surface area contributed by atoms with Crippen molar-refractivity contribution in [2.45, 2.75) is 37.6 Å². The number of hydrogen-bond donors (Lipinski definition) is 2. The highest BCUT2D eigenvalue weighted by atomic mass is 32.2. The zero-order valence-corrected chi connectivity index (χ0v) is 17.3. The van der Waals surface area contributed by atoms with Crippen molar-refractivity contribution in [2.75, 3.05) is 13.7 Å². The van der Waals surface area contributed by atoms with Crippen LogP contribution in [0.2, 0.25) is 0 Å². The molecular weight excluding hydrogens is 376 g/mol. The summed E-state index contributed by atoms with van der Waals surface area (Å²) in [4.78, 5) is 12.8. The van der Waals surface area contributed by atoms with E-state index in [4.69, 9.17) is 4.74 Å². The van der Waals surface area contributed by atoms with E-state index in [0.29, 0.717) is 18.2 Å². The van der Waals surface area contributed by atoms with Gasteiger partial charge in [-0.2, -0.15) is 4.72 Å². The van der Waals surface area contributed by atoms with Gasteiger partial charge in [0.2, 0.25) is 15.9 Å². The van der Waals surface area contributed by atoms with Crippen LogP contribution in [-0.2, 0) is 21.2 Å². The van der Waals surface area contributed by atoms with Crippen LogP contribution in [-0.4, -0.2) is 34.0 Å². The van der Waals surface area contributed by atoms with Crippen LogP contribution in [0.1, 0.15) is 25.8 Å². The number of ether oxygens (including phenoxy) is 1. The quantitative estimate of drug-likeness (QED) is 0.638. The SMILES string of the molecule is COc1ccc(S(=O)(=O)NC(Cc2ccccc2)C(=O)NCCC(C)C)cc1. The van der Waals surface area contributed by atoms with E-state index in [0.717, 1.165) is 12.0 Å². The minimum Gasteiger partial charge on any atom is -0.497 e. The minimum atomic E-state index is -3.86. The van der Waals surface area contributed by atoms with Crippen LogP contribution in [0.25, 0.3) is 0 Å². The molecule has 28 heavy (non-hydrogen) atoms. The summed E-state index contributed by atoms with van der Waals surface area (Å²) < 4.78 is 33.2. The largest absolute Gasteiger partial charge is 0.497 e. The predicted molar refractivity (Wildman–Crippen MR) is 110 cm³/mol. The molecular formula is C21H28N2O4S. The molecule has 0 saturated carbocycles. The van der Waals surface area contributed by atoms with E-state index in [-0.39, 0.29) is 17.2 Å². The van der Waals surface area contributed by atoms with Crippen molar-refractivity contribution in [1.82, 2.24) is 10.0 Å². The molecule has 7 heteroatoms. The molecule has 1 unspecified atom stereocenters. The number of sulfonamides is 1. The topological polar surface area (TPSA) is 84.5 Å². The van der Waals surface area contributed by atoms with Gasteiger partial charge in [-0.05, 0) is 48.6 Å². The van der Waals surface area contributed by atoms with Gasteiger partial charge in [0.25, 0.3) is 0 Å². The first-order valence-corrected chi connectivity index (χ1v) is 10.8. The second-order valence-corrected chi connectivity index (χ2v) is 8.73. The molecule has 2 rings (SSSR count). The fourth-order valence-electron chi connectivity index (χ4n) is 2.66. The van der Waals surface area contributed by atoms with E-state index in [1.165, 1.54) is 19.2 Å². The van der Waals surface area contributed by atoms with Crippen LogP contribution < -0.4 is 14.8 Å². The zero-order valence-electron chi connectivity index (χ0n) is 16.5. The lowest BCUT2D eigenvalue weighted by Crippen LogP contribution is -2.48. The molecule has 0 saturated heterocycles. The van der Waals surface area contributed by atoms with Gasteiger partial charge in [-0.15, -0.1) is 0 Å². The monoisotopic (exact) mass is 404 g/mol. The van der Waals surface area contributed by atoms with Crippen LogP contribution in [0.15, 0.2) is 59.5 Å². The van der Waals surface area contributed by atoms with Crippen molar-refractivity contribution in [3.05, 3.63) is 60.2 Å². The number of hydrogen-bond acceptors (Lipinski definition) is 4. The summed E-state index contributed by atoms with van der Waals surface area (Å²) in [7, 11) is -2.34. The summed E-state index contributed by atoms with van der Waals surface area (Å²) in [5.41, 5.74) is 0.879. The van der Waals surface area contributed by atoms with Crippen LogP contribution >= 0.6 is 0 Å². The lowest BCUT2D eigenvalue weighted by atomic mass is 10.1. The molecule has 0 fully saturated rings. The van der Waals surface area contributed by atoms with Crippen LogP contribution in [0.4, 0.5) is 0 Å². The van der Waals surface area contributed by atoms with Crippen molar-refractivity contribution in [1.29, 1.82) is 0 Å². The van der Waals surface area contributed by atoms with E-state index in [9.17, 15) is 13.2 Å². The first-order valence-electron chi connectivity index (χ1n) is 9.30. The number of methoxy groups -OCH3 is 1. The highest BCUT2D eigenvalue weighted by Gasteiger charge is 2.26. The highest BCUT2D eigenvalue weighted by molar-refractivity contribution is 7.89. The Bertz CT molecular complexity index is 850. The third kappa shape index (κ3) is 6.65. The summed E-state index contributed by atoms with van der Waals surface area (Å²) in [5, 5.41) is 2.84. The van der Waals surface area contributed by atoms with Crippen molar-refractivity contribution in [3.8, 4) is 5.75 Å². The van der Waals surface area contributed by atoms with Gasteiger partial charge in [0, 0.05) is 6.54 Å². The van der Waals surface area contributed by atoms with Gasteiger partial charge in [-0.3, -0.25) is 4.79 Å². The molecule has 0 bridgehead atoms. The maximum atomic E-state index is 12.8. The van der Waals surface area contributed by atoms with Crippen molar-refractivity contribution < 1.29 is 17.9 Å². The molecule has 2 N–H and O–H groups in total. The second kappa shape index (κ2) is 10.2. The Balaban J connectivity index is 2.17. The molecule has 0 radical (unpaired) electrons. The first kappa shape index (κ1) is 21.9.